The summed E-state index contributed by atoms with van der Waals surface area (Å²) >= 11 is 5.98. The van der Waals surface area contributed by atoms with Gasteiger partial charge >= 0.3 is 0 Å². The van der Waals surface area contributed by atoms with E-state index >= 15 is 4.39 Å². The minimum atomic E-state index is -4.26. The first kappa shape index (κ1) is 26.8. The molecule has 7 nitrogen and oxygen atoms in total. The normalized spacial score (nSPS) is 27.2. The Morgan fingerprint density at radius 2 is 1.65 bits per heavy atom. The molecule has 3 aliphatic rings. The second-order valence-electron chi connectivity index (χ2n) is 10.2. The van der Waals surface area contributed by atoms with Crippen LogP contribution in [0.1, 0.15) is 24.8 Å². The zero-order chi connectivity index (χ0) is 26.6. The summed E-state index contributed by atoms with van der Waals surface area (Å²) in [5, 5.41) is 0.343. The molecule has 0 N–H and O–H groups in total. The summed E-state index contributed by atoms with van der Waals surface area (Å²) in [6.07, 6.45) is 0.364. The first-order chi connectivity index (χ1) is 17.5. The number of hydrogen-bond acceptors (Lipinski definition) is 6. The Balaban J connectivity index is 1.53. The Hall–Kier alpha value is -1.79. The quantitative estimate of drug-likeness (QED) is 0.542. The molecular weight excluding hydrogens is 546 g/mol. The monoisotopic (exact) mass is 574 g/mol. The van der Waals surface area contributed by atoms with Gasteiger partial charge < -0.3 is 9.64 Å². The maximum Gasteiger partial charge on any atom is 0.214 e. The SMILES string of the molecule is CN1CCN(S(=O)(=O)CC2CC[C@@]3(S(=O)(=O)c4ccc(Cl)cc4)c4c(F)ccc(F)c4OC[C@H]3C2)CC1. The second-order valence-corrected chi connectivity index (χ2v) is 14.9. The van der Waals surface area contributed by atoms with E-state index in [0.29, 0.717) is 31.2 Å². The molecule has 5 rings (SSSR count). The second kappa shape index (κ2) is 9.75. The predicted molar refractivity (Wildman–Crippen MR) is 136 cm³/mol. The van der Waals surface area contributed by atoms with Gasteiger partial charge in [0, 0.05) is 37.1 Å². The average molecular weight is 575 g/mol. The number of ether oxygens (including phenoxy) is 1. The number of piperazine rings is 1. The molecular formula is C25H29ClF2N2O5S2. The van der Waals surface area contributed by atoms with Gasteiger partial charge in [0.05, 0.1) is 22.8 Å². The number of benzene rings is 2. The fourth-order valence-electron chi connectivity index (χ4n) is 6.05. The van der Waals surface area contributed by atoms with Crippen molar-refractivity contribution in [2.75, 3.05) is 45.6 Å². The van der Waals surface area contributed by atoms with Gasteiger partial charge in [-0.3, -0.25) is 0 Å². The zero-order valence-electron chi connectivity index (χ0n) is 20.4. The molecule has 1 unspecified atom stereocenters. The molecule has 2 fully saturated rings. The van der Waals surface area contributed by atoms with Crippen LogP contribution in [0, 0.1) is 23.5 Å². The van der Waals surface area contributed by atoms with Crippen LogP contribution in [0.5, 0.6) is 5.75 Å². The summed E-state index contributed by atoms with van der Waals surface area (Å²) < 4.78 is 90.3. The molecule has 2 aromatic rings. The standard InChI is InChI=1S/C25H29ClF2N2O5S2/c1-29-10-12-30(13-11-29)36(31,32)16-17-8-9-25(37(33,34)20-4-2-19(26)3-5-20)18(14-17)15-35-24-22(28)7-6-21(27)23(24)25/h2-7,17-18H,8-16H2,1H3/t17?,18-,25+/m1/s1. The first-order valence-corrected chi connectivity index (χ1v) is 15.7. The molecule has 2 aliphatic heterocycles. The number of likely N-dealkylation sites (N-methyl/N-ethyl adjacent to an activating group) is 1. The third kappa shape index (κ3) is 4.56. The highest BCUT2D eigenvalue weighted by atomic mass is 35.5. The van der Waals surface area contributed by atoms with Gasteiger partial charge in [0.25, 0.3) is 0 Å². The number of nitrogens with zero attached hydrogens (tertiary/aromatic N) is 2. The molecule has 3 atom stereocenters. The van der Waals surface area contributed by atoms with Gasteiger partial charge in [-0.1, -0.05) is 11.6 Å². The molecule has 202 valence electrons. The molecule has 0 amide bonds. The van der Waals surface area contributed by atoms with E-state index in [2.05, 4.69) is 4.90 Å². The summed E-state index contributed by atoms with van der Waals surface area (Å²) in [7, 11) is -5.88. The van der Waals surface area contributed by atoms with Crippen molar-refractivity contribution in [1.82, 2.24) is 9.21 Å². The van der Waals surface area contributed by atoms with E-state index in [1.54, 1.807) is 0 Å². The number of halogens is 3. The summed E-state index contributed by atoms with van der Waals surface area (Å²) in [6, 6.07) is 7.45. The van der Waals surface area contributed by atoms with Crippen LogP contribution < -0.4 is 4.74 Å². The first-order valence-electron chi connectivity index (χ1n) is 12.2. The van der Waals surface area contributed by atoms with Crippen LogP contribution in [0.2, 0.25) is 5.02 Å². The lowest BCUT2D eigenvalue weighted by molar-refractivity contribution is 0.103. The molecule has 0 radical (unpaired) electrons. The van der Waals surface area contributed by atoms with Crippen molar-refractivity contribution >= 4 is 31.5 Å². The third-order valence-electron chi connectivity index (χ3n) is 8.02. The molecule has 12 heteroatoms. The van der Waals surface area contributed by atoms with Crippen molar-refractivity contribution in [2.24, 2.45) is 11.8 Å². The van der Waals surface area contributed by atoms with Gasteiger partial charge in [-0.15, -0.1) is 0 Å². The van der Waals surface area contributed by atoms with E-state index in [4.69, 9.17) is 16.3 Å². The topological polar surface area (TPSA) is 84.0 Å². The Morgan fingerprint density at radius 1 is 1.00 bits per heavy atom. The van der Waals surface area contributed by atoms with Gasteiger partial charge in [0.15, 0.2) is 21.4 Å². The highest BCUT2D eigenvalue weighted by Gasteiger charge is 2.60. The highest BCUT2D eigenvalue weighted by molar-refractivity contribution is 7.92. The number of rotatable bonds is 5. The highest BCUT2D eigenvalue weighted by Crippen LogP contribution is 2.57. The zero-order valence-corrected chi connectivity index (χ0v) is 22.8. The van der Waals surface area contributed by atoms with Gasteiger partial charge in [-0.05, 0) is 68.6 Å². The van der Waals surface area contributed by atoms with Crippen LogP contribution in [0.15, 0.2) is 41.3 Å². The summed E-state index contributed by atoms with van der Waals surface area (Å²) in [4.78, 5) is 2.01. The van der Waals surface area contributed by atoms with Gasteiger partial charge in [-0.25, -0.2) is 25.6 Å². The Labute approximate surface area is 221 Å². The van der Waals surface area contributed by atoms with E-state index in [1.165, 1.54) is 28.6 Å². The molecule has 1 aliphatic carbocycles. The number of fused-ring (bicyclic) bond motifs is 3. The van der Waals surface area contributed by atoms with Crippen LogP contribution >= 0.6 is 11.6 Å². The van der Waals surface area contributed by atoms with Crippen molar-refractivity contribution in [3.05, 3.63) is 58.6 Å². The van der Waals surface area contributed by atoms with E-state index in [9.17, 15) is 21.2 Å². The maximum absolute atomic E-state index is 15.4. The fraction of sp³-hybridized carbons (Fsp3) is 0.520. The smallest absolute Gasteiger partial charge is 0.214 e. The molecule has 0 bridgehead atoms. The Morgan fingerprint density at radius 3 is 2.32 bits per heavy atom. The predicted octanol–water partition coefficient (Wildman–Crippen LogP) is 3.67. The van der Waals surface area contributed by atoms with Gasteiger partial charge in [0.1, 0.15) is 10.6 Å². The van der Waals surface area contributed by atoms with E-state index < -0.39 is 47.9 Å². The lowest BCUT2D eigenvalue weighted by Crippen LogP contribution is -2.53. The van der Waals surface area contributed by atoms with E-state index in [-0.39, 0.29) is 48.0 Å². The Kier molecular flexibility index (Phi) is 7.06. The molecule has 0 aromatic heterocycles. The number of sulfone groups is 1. The number of sulfonamides is 1. The van der Waals surface area contributed by atoms with Crippen molar-refractivity contribution in [3.8, 4) is 5.75 Å². The largest absolute Gasteiger partial charge is 0.490 e. The van der Waals surface area contributed by atoms with Crippen molar-refractivity contribution in [2.45, 2.75) is 28.9 Å². The van der Waals surface area contributed by atoms with Crippen LogP contribution in [0.4, 0.5) is 8.78 Å². The molecule has 0 spiro atoms. The molecule has 1 saturated carbocycles. The van der Waals surface area contributed by atoms with Crippen LogP contribution in [-0.4, -0.2) is 71.6 Å². The minimum absolute atomic E-state index is 0.0533. The molecule has 2 heterocycles. The number of hydrogen-bond donors (Lipinski definition) is 0. The average Bonchev–Trinajstić information content (AvgIpc) is 2.86. The molecule has 1 saturated heterocycles. The molecule has 37 heavy (non-hydrogen) atoms. The van der Waals surface area contributed by atoms with Gasteiger partial charge in [0.2, 0.25) is 10.0 Å². The minimum Gasteiger partial charge on any atom is -0.490 e. The van der Waals surface area contributed by atoms with E-state index in [0.717, 1.165) is 12.1 Å². The van der Waals surface area contributed by atoms with E-state index in [1.807, 2.05) is 7.05 Å². The van der Waals surface area contributed by atoms with Crippen molar-refractivity contribution < 1.29 is 30.4 Å². The van der Waals surface area contributed by atoms with Crippen molar-refractivity contribution in [1.29, 1.82) is 0 Å². The lowest BCUT2D eigenvalue weighted by Gasteiger charge is -2.49. The van der Waals surface area contributed by atoms with Crippen LogP contribution in [0.25, 0.3) is 0 Å². The van der Waals surface area contributed by atoms with Crippen molar-refractivity contribution in [3.63, 3.8) is 0 Å². The van der Waals surface area contributed by atoms with Crippen LogP contribution in [-0.2, 0) is 24.6 Å². The third-order valence-corrected chi connectivity index (χ3v) is 12.9. The van der Waals surface area contributed by atoms with Gasteiger partial charge in [-0.2, -0.15) is 4.31 Å². The maximum atomic E-state index is 15.4. The summed E-state index contributed by atoms with van der Waals surface area (Å²) in [6.45, 7) is 1.94. The fourth-order valence-corrected chi connectivity index (χ4v) is 10.4. The van der Waals surface area contributed by atoms with Crippen LogP contribution in [0.3, 0.4) is 0 Å². The summed E-state index contributed by atoms with van der Waals surface area (Å²) in [5.41, 5.74) is -0.306. The Bertz CT molecular complexity index is 1400. The molecule has 2 aromatic carbocycles. The summed E-state index contributed by atoms with van der Waals surface area (Å²) in [5.74, 6) is -3.31. The lowest BCUT2D eigenvalue weighted by atomic mass is 9.69.